The molecule has 0 radical (unpaired) electrons. The van der Waals surface area contributed by atoms with Crippen LogP contribution in [0.3, 0.4) is 0 Å². The number of hydrogen-bond acceptors (Lipinski definition) is 6. The Balaban J connectivity index is 1.98. The minimum absolute atomic E-state index is 0.0617. The van der Waals surface area contributed by atoms with Crippen LogP contribution in [-0.4, -0.2) is 33.7 Å². The molecule has 1 unspecified atom stereocenters. The molecule has 2 aromatic heterocycles. The standard InChI is InChI=1S/C14H15FN4O2/c1-8-10-7-16-14(20)17-11(10)3-4-19(8)13-6-9(21-2)5-12(15)18-13/h5-8H,3-4H2,1-2H3,(H,16,17,20). The molecule has 0 aliphatic carbocycles. The fourth-order valence-electron chi connectivity index (χ4n) is 2.59. The Labute approximate surface area is 121 Å². The summed E-state index contributed by atoms with van der Waals surface area (Å²) in [6.07, 6.45) is 2.24. The summed E-state index contributed by atoms with van der Waals surface area (Å²) < 4.78 is 18.7. The maximum absolute atomic E-state index is 13.6. The van der Waals surface area contributed by atoms with Crippen molar-refractivity contribution in [3.63, 3.8) is 0 Å². The van der Waals surface area contributed by atoms with Gasteiger partial charge in [0, 0.05) is 36.9 Å². The van der Waals surface area contributed by atoms with E-state index < -0.39 is 5.95 Å². The fourth-order valence-corrected chi connectivity index (χ4v) is 2.59. The highest BCUT2D eigenvalue weighted by Gasteiger charge is 2.27. The molecular formula is C14H15FN4O2. The van der Waals surface area contributed by atoms with E-state index in [9.17, 15) is 9.50 Å². The van der Waals surface area contributed by atoms with Gasteiger partial charge in [-0.3, -0.25) is 0 Å². The molecule has 1 atom stereocenters. The average Bonchev–Trinajstić information content (AvgIpc) is 2.46. The first-order valence-corrected chi connectivity index (χ1v) is 6.61. The zero-order valence-electron chi connectivity index (χ0n) is 11.7. The molecule has 0 saturated carbocycles. The summed E-state index contributed by atoms with van der Waals surface area (Å²) in [6, 6.07) is 2.66. The minimum Gasteiger partial charge on any atom is -0.496 e. The number of halogens is 1. The highest BCUT2D eigenvalue weighted by molar-refractivity contribution is 5.48. The lowest BCUT2D eigenvalue weighted by molar-refractivity contribution is 0.408. The Bertz CT molecular complexity index is 680. The van der Waals surface area contributed by atoms with Crippen molar-refractivity contribution in [1.82, 2.24) is 15.0 Å². The maximum atomic E-state index is 13.6. The number of ether oxygens (including phenoxy) is 1. The molecule has 110 valence electrons. The van der Waals surface area contributed by atoms with Gasteiger partial charge in [0.1, 0.15) is 11.6 Å². The van der Waals surface area contributed by atoms with E-state index in [2.05, 4.69) is 15.0 Å². The lowest BCUT2D eigenvalue weighted by atomic mass is 10.00. The van der Waals surface area contributed by atoms with Gasteiger partial charge in [-0.25, -0.2) is 9.97 Å². The molecule has 0 amide bonds. The van der Waals surface area contributed by atoms with Crippen LogP contribution in [0.25, 0.3) is 0 Å². The van der Waals surface area contributed by atoms with E-state index in [1.165, 1.54) is 13.2 Å². The summed E-state index contributed by atoms with van der Waals surface area (Å²) in [5.41, 5.74) is 1.72. The molecule has 0 fully saturated rings. The van der Waals surface area contributed by atoms with Gasteiger partial charge in [-0.1, -0.05) is 0 Å². The van der Waals surface area contributed by atoms with Crippen molar-refractivity contribution in [3.8, 4) is 11.8 Å². The molecule has 3 rings (SSSR count). The highest BCUT2D eigenvalue weighted by Crippen LogP contribution is 2.33. The number of hydrogen-bond donors (Lipinski definition) is 1. The Hall–Kier alpha value is -2.44. The van der Waals surface area contributed by atoms with Crippen LogP contribution in [0, 0.1) is 5.95 Å². The number of aromatic hydroxyl groups is 1. The van der Waals surface area contributed by atoms with Gasteiger partial charge in [0.15, 0.2) is 0 Å². The lowest BCUT2D eigenvalue weighted by Gasteiger charge is -2.35. The second-order valence-corrected chi connectivity index (χ2v) is 4.88. The normalized spacial score (nSPS) is 17.5. The first-order chi connectivity index (χ1) is 10.1. The molecule has 1 aliphatic heterocycles. The number of fused-ring (bicyclic) bond motifs is 1. The zero-order chi connectivity index (χ0) is 15.0. The van der Waals surface area contributed by atoms with Gasteiger partial charge in [0.25, 0.3) is 0 Å². The van der Waals surface area contributed by atoms with E-state index in [1.54, 1.807) is 12.3 Å². The number of rotatable bonds is 2. The van der Waals surface area contributed by atoms with Crippen LogP contribution in [0.15, 0.2) is 18.3 Å². The van der Waals surface area contributed by atoms with Gasteiger partial charge in [-0.15, -0.1) is 0 Å². The van der Waals surface area contributed by atoms with Crippen molar-refractivity contribution in [3.05, 3.63) is 35.5 Å². The molecule has 0 bridgehead atoms. The third kappa shape index (κ3) is 2.46. The number of nitrogens with zero attached hydrogens (tertiary/aromatic N) is 4. The SMILES string of the molecule is COc1cc(F)nc(N2CCc3nc(O)ncc3C2C)c1. The Morgan fingerprint density at radius 1 is 1.38 bits per heavy atom. The molecule has 0 spiro atoms. The quantitative estimate of drug-likeness (QED) is 0.851. The van der Waals surface area contributed by atoms with Crippen LogP contribution < -0.4 is 9.64 Å². The van der Waals surface area contributed by atoms with Crippen molar-refractivity contribution < 1.29 is 14.2 Å². The second-order valence-electron chi connectivity index (χ2n) is 4.88. The van der Waals surface area contributed by atoms with E-state index >= 15 is 0 Å². The van der Waals surface area contributed by atoms with Gasteiger partial charge in [0.05, 0.1) is 18.8 Å². The summed E-state index contributed by atoms with van der Waals surface area (Å²) in [7, 11) is 1.49. The molecule has 1 N–H and O–H groups in total. The predicted octanol–water partition coefficient (Wildman–Crippen LogP) is 1.85. The molecule has 0 saturated heterocycles. The monoisotopic (exact) mass is 290 g/mol. The van der Waals surface area contributed by atoms with Crippen molar-refractivity contribution in [2.24, 2.45) is 0 Å². The third-order valence-electron chi connectivity index (χ3n) is 3.68. The molecule has 0 aromatic carbocycles. The zero-order valence-corrected chi connectivity index (χ0v) is 11.7. The van der Waals surface area contributed by atoms with E-state index in [-0.39, 0.29) is 12.1 Å². The maximum Gasteiger partial charge on any atom is 0.314 e. The predicted molar refractivity (Wildman–Crippen MR) is 73.9 cm³/mol. The van der Waals surface area contributed by atoms with Gasteiger partial charge < -0.3 is 14.7 Å². The van der Waals surface area contributed by atoms with Crippen LogP contribution >= 0.6 is 0 Å². The molecule has 1 aliphatic rings. The van der Waals surface area contributed by atoms with Crippen LogP contribution in [0.5, 0.6) is 11.8 Å². The second kappa shape index (κ2) is 5.16. The summed E-state index contributed by atoms with van der Waals surface area (Å²) in [6.45, 7) is 2.60. The van der Waals surface area contributed by atoms with Crippen LogP contribution in [0.2, 0.25) is 0 Å². The number of anilines is 1. The topological polar surface area (TPSA) is 71.4 Å². The molecule has 2 aromatic rings. The van der Waals surface area contributed by atoms with Crippen LogP contribution in [0.4, 0.5) is 10.2 Å². The van der Waals surface area contributed by atoms with E-state index in [0.29, 0.717) is 24.5 Å². The Morgan fingerprint density at radius 3 is 2.95 bits per heavy atom. The summed E-state index contributed by atoms with van der Waals surface area (Å²) in [5.74, 6) is 0.361. The van der Waals surface area contributed by atoms with E-state index in [0.717, 1.165) is 11.3 Å². The van der Waals surface area contributed by atoms with E-state index in [4.69, 9.17) is 4.74 Å². The smallest absolute Gasteiger partial charge is 0.314 e. The van der Waals surface area contributed by atoms with Gasteiger partial charge in [0.2, 0.25) is 5.95 Å². The van der Waals surface area contributed by atoms with Crippen molar-refractivity contribution in [2.75, 3.05) is 18.6 Å². The molecular weight excluding hydrogens is 275 g/mol. The number of aromatic nitrogens is 3. The summed E-state index contributed by atoms with van der Waals surface area (Å²) in [5, 5.41) is 9.35. The highest BCUT2D eigenvalue weighted by atomic mass is 19.1. The van der Waals surface area contributed by atoms with Crippen LogP contribution in [0.1, 0.15) is 24.2 Å². The van der Waals surface area contributed by atoms with Crippen molar-refractivity contribution in [1.29, 1.82) is 0 Å². The van der Waals surface area contributed by atoms with Crippen molar-refractivity contribution in [2.45, 2.75) is 19.4 Å². The average molecular weight is 290 g/mol. The molecule has 7 heteroatoms. The van der Waals surface area contributed by atoms with E-state index in [1.807, 2.05) is 11.8 Å². The fraction of sp³-hybridized carbons (Fsp3) is 0.357. The summed E-state index contributed by atoms with van der Waals surface area (Å²) >= 11 is 0. The largest absolute Gasteiger partial charge is 0.496 e. The number of methoxy groups -OCH3 is 1. The Morgan fingerprint density at radius 2 is 2.19 bits per heavy atom. The van der Waals surface area contributed by atoms with Gasteiger partial charge >= 0.3 is 6.01 Å². The lowest BCUT2D eigenvalue weighted by Crippen LogP contribution is -2.35. The first-order valence-electron chi connectivity index (χ1n) is 6.61. The minimum atomic E-state index is -0.579. The van der Waals surface area contributed by atoms with Gasteiger partial charge in [-0.05, 0) is 6.92 Å². The number of pyridine rings is 1. The van der Waals surface area contributed by atoms with Crippen molar-refractivity contribution >= 4 is 5.82 Å². The molecule has 6 nitrogen and oxygen atoms in total. The summed E-state index contributed by atoms with van der Waals surface area (Å²) in [4.78, 5) is 13.8. The third-order valence-corrected chi connectivity index (χ3v) is 3.68. The van der Waals surface area contributed by atoms with Gasteiger partial charge in [-0.2, -0.15) is 9.37 Å². The first kappa shape index (κ1) is 13.5. The Kier molecular flexibility index (Phi) is 3.32. The van der Waals surface area contributed by atoms with Crippen LogP contribution in [-0.2, 0) is 6.42 Å². The molecule has 21 heavy (non-hydrogen) atoms. The molecule has 3 heterocycles.